The Bertz CT molecular complexity index is 1770. The smallest absolute Gasteiger partial charge is 0.338 e. The van der Waals surface area contributed by atoms with Crippen LogP contribution in [-0.4, -0.2) is 22.6 Å². The third-order valence-corrected chi connectivity index (χ3v) is 7.27. The number of aromatic nitrogens is 1. The number of hydrogen-bond acceptors (Lipinski definition) is 8. The average Bonchev–Trinajstić information content (AvgIpc) is 3.25. The van der Waals surface area contributed by atoms with Gasteiger partial charge in [-0.3, -0.25) is 19.5 Å². The molecule has 1 unspecified atom stereocenters. The monoisotopic (exact) mass is 541 g/mol. The number of nitrogens with zero attached hydrogens (tertiary/aromatic N) is 3. The Labute approximate surface area is 226 Å². The van der Waals surface area contributed by atoms with Crippen molar-refractivity contribution in [1.82, 2.24) is 4.57 Å². The number of ether oxygens (including phenoxy) is 2. The van der Waals surface area contributed by atoms with Gasteiger partial charge in [0.15, 0.2) is 4.80 Å². The first kappa shape index (κ1) is 25.8. The minimum absolute atomic E-state index is 0.114. The minimum Gasteiger partial charge on any atom is -0.489 e. The number of fused-ring (bicyclic) bond motifs is 1. The SMILES string of the molecule is COC(=O)C1=C(C)N=c2s/c(=C\c3ccccc3[N+](=O)[O-])c(=O)n2C1c1ccc(OCc2ccccc2)cc1. The molecule has 196 valence electrons. The number of nitro benzene ring substituents is 1. The van der Waals surface area contributed by atoms with Crippen molar-refractivity contribution in [1.29, 1.82) is 0 Å². The van der Waals surface area contributed by atoms with Crippen LogP contribution in [0.25, 0.3) is 6.08 Å². The molecule has 1 aliphatic rings. The number of methoxy groups -OCH3 is 1. The van der Waals surface area contributed by atoms with Gasteiger partial charge >= 0.3 is 5.97 Å². The minimum atomic E-state index is -0.801. The Morgan fingerprint density at radius 1 is 1.08 bits per heavy atom. The summed E-state index contributed by atoms with van der Waals surface area (Å²) >= 11 is 1.10. The molecule has 0 bridgehead atoms. The van der Waals surface area contributed by atoms with Crippen LogP contribution < -0.4 is 19.6 Å². The van der Waals surface area contributed by atoms with E-state index in [1.165, 1.54) is 23.8 Å². The number of thiazole rings is 1. The van der Waals surface area contributed by atoms with Crippen LogP contribution in [0.15, 0.2) is 99.9 Å². The fraction of sp³-hybridized carbons (Fsp3) is 0.138. The van der Waals surface area contributed by atoms with Gasteiger partial charge in [-0.05, 0) is 42.3 Å². The zero-order valence-electron chi connectivity index (χ0n) is 21.1. The van der Waals surface area contributed by atoms with Crippen molar-refractivity contribution < 1.29 is 19.2 Å². The number of nitro groups is 1. The quantitative estimate of drug-likeness (QED) is 0.199. The highest BCUT2D eigenvalue weighted by atomic mass is 32.1. The highest BCUT2D eigenvalue weighted by molar-refractivity contribution is 7.07. The number of carbonyl (C=O) groups excluding carboxylic acids is 1. The second-order valence-corrected chi connectivity index (χ2v) is 9.74. The predicted molar refractivity (Wildman–Crippen MR) is 146 cm³/mol. The molecular formula is C29H23N3O6S. The van der Waals surface area contributed by atoms with E-state index in [-0.39, 0.29) is 15.8 Å². The Morgan fingerprint density at radius 3 is 2.46 bits per heavy atom. The molecule has 0 saturated carbocycles. The molecule has 0 spiro atoms. The molecule has 0 amide bonds. The van der Waals surface area contributed by atoms with E-state index >= 15 is 0 Å². The van der Waals surface area contributed by atoms with E-state index in [4.69, 9.17) is 9.47 Å². The van der Waals surface area contributed by atoms with Crippen LogP contribution in [0.3, 0.4) is 0 Å². The normalized spacial score (nSPS) is 14.9. The molecule has 9 nitrogen and oxygen atoms in total. The van der Waals surface area contributed by atoms with Crippen LogP contribution in [0, 0.1) is 10.1 Å². The molecule has 0 saturated heterocycles. The van der Waals surface area contributed by atoms with Gasteiger partial charge in [0.2, 0.25) is 0 Å². The Balaban J connectivity index is 1.58. The van der Waals surface area contributed by atoms with Gasteiger partial charge in [-0.15, -0.1) is 0 Å². The number of para-hydroxylation sites is 1. The number of benzene rings is 3. The lowest BCUT2D eigenvalue weighted by Gasteiger charge is -2.24. The number of esters is 1. The second-order valence-electron chi connectivity index (χ2n) is 8.73. The van der Waals surface area contributed by atoms with Gasteiger partial charge in [-0.2, -0.15) is 0 Å². The van der Waals surface area contributed by atoms with Gasteiger partial charge in [-0.25, -0.2) is 9.79 Å². The van der Waals surface area contributed by atoms with E-state index in [2.05, 4.69) is 4.99 Å². The van der Waals surface area contributed by atoms with E-state index < -0.39 is 22.5 Å². The molecule has 2 heterocycles. The first-order valence-electron chi connectivity index (χ1n) is 12.0. The van der Waals surface area contributed by atoms with Crippen molar-refractivity contribution in [2.24, 2.45) is 4.99 Å². The fourth-order valence-corrected chi connectivity index (χ4v) is 5.45. The molecule has 1 aromatic heterocycles. The maximum atomic E-state index is 13.7. The van der Waals surface area contributed by atoms with Crippen LogP contribution in [0.1, 0.15) is 29.7 Å². The van der Waals surface area contributed by atoms with Crippen LogP contribution in [0.2, 0.25) is 0 Å². The molecule has 39 heavy (non-hydrogen) atoms. The number of carbonyl (C=O) groups is 1. The van der Waals surface area contributed by atoms with E-state index in [1.807, 2.05) is 30.3 Å². The summed E-state index contributed by atoms with van der Waals surface area (Å²) in [7, 11) is 1.28. The summed E-state index contributed by atoms with van der Waals surface area (Å²) < 4.78 is 12.6. The third-order valence-electron chi connectivity index (χ3n) is 6.29. The summed E-state index contributed by atoms with van der Waals surface area (Å²) in [5, 5.41) is 11.5. The van der Waals surface area contributed by atoms with Gasteiger partial charge in [0.1, 0.15) is 12.4 Å². The summed E-state index contributed by atoms with van der Waals surface area (Å²) in [6.45, 7) is 2.09. The van der Waals surface area contributed by atoms with Gasteiger partial charge in [-0.1, -0.05) is 65.9 Å². The number of allylic oxidation sites excluding steroid dienone is 1. The van der Waals surface area contributed by atoms with Crippen LogP contribution in [-0.2, 0) is 16.1 Å². The topological polar surface area (TPSA) is 113 Å². The Morgan fingerprint density at radius 2 is 1.77 bits per heavy atom. The molecule has 4 aromatic rings. The Hall–Kier alpha value is -4.83. The first-order chi connectivity index (χ1) is 18.9. The fourth-order valence-electron chi connectivity index (χ4n) is 4.41. The molecule has 3 aromatic carbocycles. The van der Waals surface area contributed by atoms with E-state index in [0.717, 1.165) is 16.9 Å². The van der Waals surface area contributed by atoms with Crippen molar-refractivity contribution in [3.63, 3.8) is 0 Å². The largest absolute Gasteiger partial charge is 0.489 e. The van der Waals surface area contributed by atoms with Gasteiger partial charge in [0, 0.05) is 6.07 Å². The van der Waals surface area contributed by atoms with Crippen molar-refractivity contribution in [2.45, 2.75) is 19.6 Å². The summed E-state index contributed by atoms with van der Waals surface area (Å²) in [5.41, 5.74) is 2.12. The molecule has 0 radical (unpaired) electrons. The average molecular weight is 542 g/mol. The van der Waals surface area contributed by atoms with E-state index in [0.29, 0.717) is 34.0 Å². The van der Waals surface area contributed by atoms with Gasteiger partial charge < -0.3 is 9.47 Å². The molecule has 0 fully saturated rings. The van der Waals surface area contributed by atoms with Crippen molar-refractivity contribution in [3.05, 3.63) is 137 Å². The second kappa shape index (κ2) is 10.9. The van der Waals surface area contributed by atoms with Crippen LogP contribution >= 0.6 is 11.3 Å². The zero-order chi connectivity index (χ0) is 27.5. The Kier molecular flexibility index (Phi) is 7.20. The molecule has 5 rings (SSSR count). The lowest BCUT2D eigenvalue weighted by molar-refractivity contribution is -0.385. The highest BCUT2D eigenvalue weighted by Crippen LogP contribution is 2.31. The molecule has 10 heteroatoms. The lowest BCUT2D eigenvalue weighted by Crippen LogP contribution is -2.39. The molecule has 0 N–H and O–H groups in total. The van der Waals surface area contributed by atoms with E-state index in [1.54, 1.807) is 49.4 Å². The highest BCUT2D eigenvalue weighted by Gasteiger charge is 2.33. The van der Waals surface area contributed by atoms with Crippen molar-refractivity contribution in [3.8, 4) is 5.75 Å². The van der Waals surface area contributed by atoms with Gasteiger partial charge in [0.05, 0.1) is 39.4 Å². The number of hydrogen-bond donors (Lipinski definition) is 0. The maximum absolute atomic E-state index is 13.7. The molecule has 1 aliphatic heterocycles. The van der Waals surface area contributed by atoms with E-state index in [9.17, 15) is 19.7 Å². The molecular weight excluding hydrogens is 518 g/mol. The lowest BCUT2D eigenvalue weighted by atomic mass is 9.96. The standard InChI is InChI=1S/C29H23N3O6S/c1-18-25(28(34)37-2)26(20-12-14-22(15-13-20)38-17-19-8-4-3-5-9-19)31-27(33)24(39-29(31)30-18)16-21-10-6-7-11-23(21)32(35)36/h3-16,26H,17H2,1-2H3/b24-16-. The van der Waals surface area contributed by atoms with Gasteiger partial charge in [0.25, 0.3) is 11.2 Å². The van der Waals surface area contributed by atoms with Crippen molar-refractivity contribution >= 4 is 29.1 Å². The number of rotatable bonds is 7. The summed E-state index contributed by atoms with van der Waals surface area (Å²) in [6.07, 6.45) is 1.48. The maximum Gasteiger partial charge on any atom is 0.338 e. The summed E-state index contributed by atoms with van der Waals surface area (Å²) in [6, 6.07) is 22.3. The molecule has 1 atom stereocenters. The van der Waals surface area contributed by atoms with Crippen molar-refractivity contribution in [2.75, 3.05) is 7.11 Å². The zero-order valence-corrected chi connectivity index (χ0v) is 21.9. The van der Waals surface area contributed by atoms with Crippen LogP contribution in [0.4, 0.5) is 5.69 Å². The summed E-state index contributed by atoms with van der Waals surface area (Å²) in [4.78, 5) is 42.4. The summed E-state index contributed by atoms with van der Waals surface area (Å²) in [5.74, 6) is 0.0327. The molecule has 0 aliphatic carbocycles. The first-order valence-corrected chi connectivity index (χ1v) is 12.8. The third kappa shape index (κ3) is 5.14. The van der Waals surface area contributed by atoms with Crippen LogP contribution in [0.5, 0.6) is 5.75 Å². The predicted octanol–water partition coefficient (Wildman–Crippen LogP) is 3.90.